The summed E-state index contributed by atoms with van der Waals surface area (Å²) in [7, 11) is 0. The van der Waals surface area contributed by atoms with Crippen molar-refractivity contribution in [3.8, 4) is 0 Å². The number of hydrogen-bond acceptors (Lipinski definition) is 3. The van der Waals surface area contributed by atoms with Crippen LogP contribution >= 0.6 is 0 Å². The predicted octanol–water partition coefficient (Wildman–Crippen LogP) is 5.47. The van der Waals surface area contributed by atoms with Crippen LogP contribution in [0.1, 0.15) is 98.8 Å². The second-order valence-electron chi connectivity index (χ2n) is 12.6. The molecule has 0 spiro atoms. The average Bonchev–Trinajstić information content (AvgIpc) is 3.01. The van der Waals surface area contributed by atoms with E-state index in [1.165, 1.54) is 25.7 Å². The summed E-state index contributed by atoms with van der Waals surface area (Å²) in [6.07, 6.45) is 13.8. The minimum atomic E-state index is -0.989. The lowest BCUT2D eigenvalue weighted by Gasteiger charge is -2.64. The summed E-state index contributed by atoms with van der Waals surface area (Å²) in [5.74, 6) is 2.55. The van der Waals surface area contributed by atoms with Crippen LogP contribution in [0.15, 0.2) is 12.2 Å². The van der Waals surface area contributed by atoms with Crippen LogP contribution in [-0.4, -0.2) is 32.6 Å². The highest BCUT2D eigenvalue weighted by atomic mass is 16.3. The standard InChI is InChI=1S/C27H46O3/c1-18(2)7-6-8-19(3)21-9-10-22-24(21,4)13-12-23-25(5)14-11-20(28)17-26(25,29)15-16-27(22,23)30/h15-16,18-23,28-30H,6-14,17H2,1-5H3/t19-,20+,21-,22-,23+,24-,25-,26-,27+/m1/s1. The molecule has 4 aliphatic rings. The first-order chi connectivity index (χ1) is 14.0. The first-order valence-corrected chi connectivity index (χ1v) is 12.8. The number of aliphatic hydroxyl groups is 3. The van der Waals surface area contributed by atoms with E-state index in [0.29, 0.717) is 18.3 Å². The van der Waals surface area contributed by atoms with E-state index in [1.54, 1.807) is 0 Å². The van der Waals surface area contributed by atoms with Gasteiger partial charge < -0.3 is 15.3 Å². The minimum Gasteiger partial charge on any atom is -0.393 e. The van der Waals surface area contributed by atoms with E-state index in [9.17, 15) is 15.3 Å². The van der Waals surface area contributed by atoms with Crippen molar-refractivity contribution in [2.75, 3.05) is 0 Å². The van der Waals surface area contributed by atoms with E-state index in [2.05, 4.69) is 34.6 Å². The molecule has 4 rings (SSSR count). The Morgan fingerprint density at radius 2 is 1.63 bits per heavy atom. The average molecular weight is 419 g/mol. The second-order valence-corrected chi connectivity index (χ2v) is 12.6. The highest BCUT2D eigenvalue weighted by Crippen LogP contribution is 2.69. The van der Waals surface area contributed by atoms with Gasteiger partial charge in [0.05, 0.1) is 17.3 Å². The first kappa shape index (κ1) is 22.8. The SMILES string of the molecule is CC(C)CCC[C@@H](C)[C@H]1CC[C@H]2[C@@]3(O)C=C[C@@]4(O)C[C@@H](O)CC[C@]4(C)[C@@H]3CC[C@]12C. The Morgan fingerprint density at radius 1 is 0.900 bits per heavy atom. The van der Waals surface area contributed by atoms with Gasteiger partial charge in [0.25, 0.3) is 0 Å². The summed E-state index contributed by atoms with van der Waals surface area (Å²) >= 11 is 0. The first-order valence-electron chi connectivity index (χ1n) is 12.8. The molecule has 0 amide bonds. The molecule has 4 aliphatic carbocycles. The maximum Gasteiger partial charge on any atom is 0.0910 e. The molecule has 172 valence electrons. The predicted molar refractivity (Wildman–Crippen MR) is 122 cm³/mol. The van der Waals surface area contributed by atoms with Gasteiger partial charge in [-0.25, -0.2) is 0 Å². The van der Waals surface area contributed by atoms with Crippen molar-refractivity contribution in [2.45, 2.75) is 116 Å². The van der Waals surface area contributed by atoms with Crippen molar-refractivity contribution in [3.05, 3.63) is 12.2 Å². The van der Waals surface area contributed by atoms with Gasteiger partial charge in [-0.1, -0.05) is 66.0 Å². The fourth-order valence-electron chi connectivity index (χ4n) is 8.74. The zero-order valence-electron chi connectivity index (χ0n) is 20.0. The minimum absolute atomic E-state index is 0.0839. The Morgan fingerprint density at radius 3 is 2.33 bits per heavy atom. The largest absolute Gasteiger partial charge is 0.393 e. The molecule has 0 aromatic heterocycles. The van der Waals surface area contributed by atoms with Gasteiger partial charge >= 0.3 is 0 Å². The van der Waals surface area contributed by atoms with Gasteiger partial charge in [0.15, 0.2) is 0 Å². The van der Waals surface area contributed by atoms with Crippen LogP contribution in [0.25, 0.3) is 0 Å². The Labute approximate surface area is 184 Å². The molecule has 0 unspecified atom stereocenters. The monoisotopic (exact) mass is 418 g/mol. The summed E-state index contributed by atoms with van der Waals surface area (Å²) in [5.41, 5.74) is -1.97. The normalized spacial score (nSPS) is 51.4. The molecule has 0 radical (unpaired) electrons. The molecule has 0 heterocycles. The molecule has 9 atom stereocenters. The van der Waals surface area contributed by atoms with Crippen molar-refractivity contribution in [2.24, 2.45) is 40.4 Å². The third-order valence-electron chi connectivity index (χ3n) is 10.6. The lowest BCUT2D eigenvalue weighted by molar-refractivity contribution is -0.220. The zero-order valence-corrected chi connectivity index (χ0v) is 20.0. The zero-order chi connectivity index (χ0) is 21.9. The van der Waals surface area contributed by atoms with E-state index >= 15 is 0 Å². The number of hydrogen-bond donors (Lipinski definition) is 3. The molecule has 0 aromatic rings. The Balaban J connectivity index is 1.59. The Hall–Kier alpha value is -0.380. The smallest absolute Gasteiger partial charge is 0.0910 e. The van der Waals surface area contributed by atoms with Crippen LogP contribution in [-0.2, 0) is 0 Å². The van der Waals surface area contributed by atoms with Gasteiger partial charge in [0, 0.05) is 17.8 Å². The van der Waals surface area contributed by atoms with Gasteiger partial charge in [-0.3, -0.25) is 0 Å². The van der Waals surface area contributed by atoms with Crippen LogP contribution < -0.4 is 0 Å². The fourth-order valence-corrected chi connectivity index (χ4v) is 8.74. The summed E-state index contributed by atoms with van der Waals surface area (Å²) in [6.45, 7) is 11.7. The lowest BCUT2D eigenvalue weighted by Crippen LogP contribution is -2.67. The van der Waals surface area contributed by atoms with Crippen LogP contribution in [0.2, 0.25) is 0 Å². The molecule has 3 nitrogen and oxygen atoms in total. The van der Waals surface area contributed by atoms with E-state index in [0.717, 1.165) is 38.0 Å². The van der Waals surface area contributed by atoms with Gasteiger partial charge in [0.2, 0.25) is 0 Å². The number of rotatable bonds is 5. The second kappa shape index (κ2) is 7.59. The molecule has 30 heavy (non-hydrogen) atoms. The van der Waals surface area contributed by atoms with Crippen LogP contribution in [0, 0.1) is 40.4 Å². The summed E-state index contributed by atoms with van der Waals surface area (Å²) in [4.78, 5) is 0. The molecule has 0 saturated heterocycles. The van der Waals surface area contributed by atoms with E-state index in [1.807, 2.05) is 12.2 Å². The fraction of sp³-hybridized carbons (Fsp3) is 0.926. The quantitative estimate of drug-likeness (QED) is 0.519. The van der Waals surface area contributed by atoms with Crippen molar-refractivity contribution in [1.82, 2.24) is 0 Å². The maximum atomic E-state index is 12.2. The van der Waals surface area contributed by atoms with Gasteiger partial charge in [-0.05, 0) is 67.6 Å². The van der Waals surface area contributed by atoms with E-state index < -0.39 is 17.3 Å². The molecule has 3 N–H and O–H groups in total. The molecule has 3 fully saturated rings. The maximum absolute atomic E-state index is 12.2. The molecule has 0 aliphatic heterocycles. The Bertz CT molecular complexity index is 673. The molecular weight excluding hydrogens is 372 g/mol. The molecule has 3 saturated carbocycles. The lowest BCUT2D eigenvalue weighted by atomic mass is 9.43. The molecule has 0 bridgehead atoms. The number of aliphatic hydroxyl groups excluding tert-OH is 1. The third-order valence-corrected chi connectivity index (χ3v) is 10.6. The third kappa shape index (κ3) is 3.25. The van der Waals surface area contributed by atoms with Crippen molar-refractivity contribution in [1.29, 1.82) is 0 Å². The van der Waals surface area contributed by atoms with E-state index in [4.69, 9.17) is 0 Å². The molecule has 3 heteroatoms. The highest BCUT2D eigenvalue weighted by Gasteiger charge is 2.68. The van der Waals surface area contributed by atoms with Crippen LogP contribution in [0.4, 0.5) is 0 Å². The van der Waals surface area contributed by atoms with Crippen LogP contribution in [0.5, 0.6) is 0 Å². The van der Waals surface area contributed by atoms with Gasteiger partial charge in [-0.2, -0.15) is 0 Å². The van der Waals surface area contributed by atoms with Crippen LogP contribution in [0.3, 0.4) is 0 Å². The van der Waals surface area contributed by atoms with Gasteiger partial charge in [-0.15, -0.1) is 0 Å². The van der Waals surface area contributed by atoms with Crippen molar-refractivity contribution in [3.63, 3.8) is 0 Å². The van der Waals surface area contributed by atoms with Gasteiger partial charge in [0.1, 0.15) is 0 Å². The van der Waals surface area contributed by atoms with Crippen molar-refractivity contribution < 1.29 is 15.3 Å². The molecular formula is C27H46O3. The molecule has 0 aromatic carbocycles. The van der Waals surface area contributed by atoms with Crippen molar-refractivity contribution >= 4 is 0 Å². The summed E-state index contributed by atoms with van der Waals surface area (Å²) in [6, 6.07) is 0. The summed E-state index contributed by atoms with van der Waals surface area (Å²) in [5, 5.41) is 33.9. The summed E-state index contributed by atoms with van der Waals surface area (Å²) < 4.78 is 0. The van der Waals surface area contributed by atoms with E-state index in [-0.39, 0.29) is 22.7 Å². The number of fused-ring (bicyclic) bond motifs is 5. The highest BCUT2D eigenvalue weighted by molar-refractivity contribution is 5.30. The topological polar surface area (TPSA) is 60.7 Å². The Kier molecular flexibility index (Phi) is 5.77.